The largest absolute Gasteiger partial charge is 0.355 e. The second-order valence-corrected chi connectivity index (χ2v) is 3.78. The molecule has 0 aromatic heterocycles. The molecular formula is C10H23N5O2. The minimum atomic E-state index is -0.657. The number of likely N-dealkylation sites (N-methyl/N-ethyl adjacent to an activating group) is 1. The fraction of sp³-hybridized carbons (Fsp3) is 0.800. The van der Waals surface area contributed by atoms with E-state index in [2.05, 4.69) is 10.6 Å². The Hall–Kier alpha value is -1.18. The van der Waals surface area contributed by atoms with Gasteiger partial charge in [0.2, 0.25) is 11.8 Å². The van der Waals surface area contributed by atoms with Crippen LogP contribution in [0.4, 0.5) is 0 Å². The van der Waals surface area contributed by atoms with Crippen LogP contribution in [0.2, 0.25) is 0 Å². The highest BCUT2D eigenvalue weighted by Crippen LogP contribution is 1.95. The van der Waals surface area contributed by atoms with Gasteiger partial charge in [-0.15, -0.1) is 0 Å². The van der Waals surface area contributed by atoms with E-state index in [1.54, 1.807) is 0 Å². The highest BCUT2D eigenvalue weighted by molar-refractivity contribution is 5.82. The molecule has 0 aromatic rings. The summed E-state index contributed by atoms with van der Waals surface area (Å²) in [6, 6.07) is -0.877. The summed E-state index contributed by atoms with van der Waals surface area (Å²) in [5.74, 6) is -0.430. The van der Waals surface area contributed by atoms with E-state index < -0.39 is 6.04 Å². The molecule has 0 radical (unpaired) electrons. The zero-order valence-corrected chi connectivity index (χ0v) is 10.2. The smallest absolute Gasteiger partial charge is 0.236 e. The summed E-state index contributed by atoms with van der Waals surface area (Å²) in [6.45, 7) is 2.93. The third kappa shape index (κ3) is 6.88. The van der Waals surface area contributed by atoms with Gasteiger partial charge in [-0.05, 0) is 13.3 Å². The number of nitrogens with two attached hydrogens (primary N) is 3. The molecule has 0 aromatic carbocycles. The van der Waals surface area contributed by atoms with Gasteiger partial charge in [0.1, 0.15) is 0 Å². The van der Waals surface area contributed by atoms with Gasteiger partial charge in [-0.2, -0.15) is 0 Å². The van der Waals surface area contributed by atoms with E-state index in [9.17, 15) is 9.59 Å². The Bertz CT molecular complexity index is 243. The highest BCUT2D eigenvalue weighted by atomic mass is 16.2. The molecule has 1 unspecified atom stereocenters. The van der Waals surface area contributed by atoms with E-state index in [4.69, 9.17) is 17.2 Å². The Morgan fingerprint density at radius 3 is 2.29 bits per heavy atom. The molecule has 2 amide bonds. The number of rotatable bonds is 8. The third-order valence-electron chi connectivity index (χ3n) is 2.30. The molecule has 0 aliphatic carbocycles. The van der Waals surface area contributed by atoms with Crippen LogP contribution in [-0.4, -0.2) is 43.5 Å². The van der Waals surface area contributed by atoms with Crippen molar-refractivity contribution in [1.29, 1.82) is 0 Å². The molecule has 0 rings (SSSR count). The highest BCUT2D eigenvalue weighted by Gasteiger charge is 2.15. The Morgan fingerprint density at radius 2 is 1.82 bits per heavy atom. The standard InChI is InChI=1S/C10H23N5O2/c1-2-14-10(17)8(13)3-4-9(16)15-7(5-11)6-12/h7-8H,2-6,11-13H2,1H3,(H,14,17)(H,15,16). The van der Waals surface area contributed by atoms with Crippen LogP contribution < -0.4 is 27.8 Å². The lowest BCUT2D eigenvalue weighted by atomic mass is 10.1. The first-order valence-electron chi connectivity index (χ1n) is 5.77. The van der Waals surface area contributed by atoms with Crippen molar-refractivity contribution < 1.29 is 9.59 Å². The number of amides is 2. The molecule has 8 N–H and O–H groups in total. The van der Waals surface area contributed by atoms with Gasteiger partial charge in [-0.25, -0.2) is 0 Å². The summed E-state index contributed by atoms with van der Waals surface area (Å²) in [5.41, 5.74) is 16.4. The number of hydrogen-bond donors (Lipinski definition) is 5. The van der Waals surface area contributed by atoms with Gasteiger partial charge in [0.15, 0.2) is 0 Å². The van der Waals surface area contributed by atoms with Crippen LogP contribution in [0.15, 0.2) is 0 Å². The van der Waals surface area contributed by atoms with Gasteiger partial charge >= 0.3 is 0 Å². The van der Waals surface area contributed by atoms with Gasteiger partial charge in [-0.1, -0.05) is 0 Å². The Kier molecular flexibility index (Phi) is 8.29. The zero-order valence-electron chi connectivity index (χ0n) is 10.2. The monoisotopic (exact) mass is 245 g/mol. The van der Waals surface area contributed by atoms with Gasteiger partial charge in [-0.3, -0.25) is 9.59 Å². The van der Waals surface area contributed by atoms with Crippen LogP contribution in [0, 0.1) is 0 Å². The number of hydrogen-bond acceptors (Lipinski definition) is 5. The summed E-state index contributed by atoms with van der Waals surface area (Å²) in [5, 5.41) is 5.26. The topological polar surface area (TPSA) is 136 Å². The zero-order chi connectivity index (χ0) is 13.3. The van der Waals surface area contributed by atoms with Crippen LogP contribution >= 0.6 is 0 Å². The van der Waals surface area contributed by atoms with Crippen molar-refractivity contribution in [2.24, 2.45) is 17.2 Å². The molecule has 0 aliphatic rings. The minimum absolute atomic E-state index is 0.189. The van der Waals surface area contributed by atoms with Gasteiger partial charge in [0.05, 0.1) is 12.1 Å². The summed E-state index contributed by atoms with van der Waals surface area (Å²) >= 11 is 0. The average Bonchev–Trinajstić information content (AvgIpc) is 2.33. The number of carbonyl (C=O) groups is 2. The summed E-state index contributed by atoms with van der Waals surface area (Å²) in [7, 11) is 0. The van der Waals surface area contributed by atoms with Crippen molar-refractivity contribution in [3.8, 4) is 0 Å². The fourth-order valence-electron chi connectivity index (χ4n) is 1.24. The molecule has 0 heterocycles. The summed E-state index contributed by atoms with van der Waals surface area (Å²) in [6.07, 6.45) is 0.494. The van der Waals surface area contributed by atoms with Crippen LogP contribution in [-0.2, 0) is 9.59 Å². The molecule has 1 atom stereocenters. The lowest BCUT2D eigenvalue weighted by molar-refractivity contribution is -0.123. The molecule has 0 saturated carbocycles. The van der Waals surface area contributed by atoms with Crippen molar-refractivity contribution >= 4 is 11.8 Å². The molecule has 0 aliphatic heterocycles. The normalized spacial score (nSPS) is 12.3. The van der Waals surface area contributed by atoms with E-state index in [0.29, 0.717) is 26.1 Å². The van der Waals surface area contributed by atoms with Gasteiger partial charge in [0, 0.05) is 26.1 Å². The molecule has 7 heteroatoms. The molecule has 100 valence electrons. The van der Waals surface area contributed by atoms with Crippen molar-refractivity contribution in [2.45, 2.75) is 31.8 Å². The molecule has 0 fully saturated rings. The van der Waals surface area contributed by atoms with Gasteiger partial charge < -0.3 is 27.8 Å². The van der Waals surface area contributed by atoms with E-state index in [1.807, 2.05) is 6.92 Å². The quantitative estimate of drug-likeness (QED) is 0.325. The predicted octanol–water partition coefficient (Wildman–Crippen LogP) is -2.37. The molecule has 7 nitrogen and oxygen atoms in total. The Balaban J connectivity index is 3.87. The fourth-order valence-corrected chi connectivity index (χ4v) is 1.24. The van der Waals surface area contributed by atoms with E-state index in [1.165, 1.54) is 0 Å². The molecular weight excluding hydrogens is 222 g/mol. The SMILES string of the molecule is CCNC(=O)C(N)CCC(=O)NC(CN)CN. The third-order valence-corrected chi connectivity index (χ3v) is 2.30. The number of carbonyl (C=O) groups excluding carboxylic acids is 2. The van der Waals surface area contributed by atoms with Crippen molar-refractivity contribution in [3.05, 3.63) is 0 Å². The Labute approximate surface area is 101 Å². The lowest BCUT2D eigenvalue weighted by Gasteiger charge is -2.15. The maximum Gasteiger partial charge on any atom is 0.236 e. The van der Waals surface area contributed by atoms with Crippen molar-refractivity contribution in [3.63, 3.8) is 0 Å². The predicted molar refractivity (Wildman–Crippen MR) is 65.9 cm³/mol. The lowest BCUT2D eigenvalue weighted by Crippen LogP contribution is -2.46. The molecule has 0 saturated heterocycles. The van der Waals surface area contributed by atoms with Gasteiger partial charge in [0.25, 0.3) is 0 Å². The first-order valence-corrected chi connectivity index (χ1v) is 5.77. The second kappa shape index (κ2) is 8.91. The minimum Gasteiger partial charge on any atom is -0.355 e. The molecule has 17 heavy (non-hydrogen) atoms. The summed E-state index contributed by atoms with van der Waals surface area (Å²) < 4.78 is 0. The Morgan fingerprint density at radius 1 is 1.24 bits per heavy atom. The second-order valence-electron chi connectivity index (χ2n) is 3.78. The van der Waals surface area contributed by atoms with Crippen molar-refractivity contribution in [2.75, 3.05) is 19.6 Å². The first kappa shape index (κ1) is 15.8. The van der Waals surface area contributed by atoms with Crippen LogP contribution in [0.5, 0.6) is 0 Å². The van der Waals surface area contributed by atoms with Crippen LogP contribution in [0.1, 0.15) is 19.8 Å². The average molecular weight is 245 g/mol. The van der Waals surface area contributed by atoms with Crippen molar-refractivity contribution in [1.82, 2.24) is 10.6 Å². The first-order chi connectivity index (χ1) is 8.04. The van der Waals surface area contributed by atoms with E-state index in [-0.39, 0.29) is 24.3 Å². The molecule has 0 bridgehead atoms. The molecule has 0 spiro atoms. The maximum atomic E-state index is 11.4. The van der Waals surface area contributed by atoms with Crippen LogP contribution in [0.25, 0.3) is 0 Å². The van der Waals surface area contributed by atoms with E-state index in [0.717, 1.165) is 0 Å². The van der Waals surface area contributed by atoms with Crippen LogP contribution in [0.3, 0.4) is 0 Å². The maximum absolute atomic E-state index is 11.4. The van der Waals surface area contributed by atoms with E-state index >= 15 is 0 Å². The number of nitrogens with one attached hydrogen (secondary N) is 2. The summed E-state index contributed by atoms with van der Waals surface area (Å²) in [4.78, 5) is 22.7.